The van der Waals surface area contributed by atoms with Crippen LogP contribution < -0.4 is 4.90 Å². The third kappa shape index (κ3) is 4.01. The standard InChI is InChI=1S/C15H15F3N6O/c16-15(17,18)12-8-13(22-10-21-12)23-4-1-5-24(7-6-23)14(25)11-2-3-19-9-20-11/h2-3,8-10H,1,4-7H2. The topological polar surface area (TPSA) is 75.1 Å². The maximum atomic E-state index is 12.8. The molecular weight excluding hydrogens is 337 g/mol. The zero-order valence-corrected chi connectivity index (χ0v) is 13.1. The molecule has 0 saturated carbocycles. The molecule has 1 aliphatic rings. The van der Waals surface area contributed by atoms with Gasteiger partial charge in [0.1, 0.15) is 29.9 Å². The Hall–Kier alpha value is -2.78. The van der Waals surface area contributed by atoms with E-state index < -0.39 is 11.9 Å². The van der Waals surface area contributed by atoms with E-state index in [-0.39, 0.29) is 11.7 Å². The first kappa shape index (κ1) is 17.1. The SMILES string of the molecule is O=C(c1ccncn1)N1CCCN(c2cc(C(F)(F)F)ncn2)CC1. The van der Waals surface area contributed by atoms with E-state index in [1.807, 2.05) is 0 Å². The summed E-state index contributed by atoms with van der Waals surface area (Å²) < 4.78 is 38.4. The van der Waals surface area contributed by atoms with Gasteiger partial charge in [-0.25, -0.2) is 19.9 Å². The number of hydrogen-bond acceptors (Lipinski definition) is 6. The lowest BCUT2D eigenvalue weighted by Crippen LogP contribution is -2.35. The number of halogens is 3. The molecule has 0 aromatic carbocycles. The molecule has 2 aromatic rings. The van der Waals surface area contributed by atoms with Gasteiger partial charge in [0.2, 0.25) is 0 Å². The van der Waals surface area contributed by atoms with Crippen LogP contribution in [-0.2, 0) is 6.18 Å². The van der Waals surface area contributed by atoms with Crippen LogP contribution in [0.5, 0.6) is 0 Å². The minimum absolute atomic E-state index is 0.207. The van der Waals surface area contributed by atoms with Crippen LogP contribution in [-0.4, -0.2) is 56.9 Å². The van der Waals surface area contributed by atoms with Gasteiger partial charge in [-0.3, -0.25) is 4.79 Å². The number of rotatable bonds is 2. The van der Waals surface area contributed by atoms with Gasteiger partial charge in [0.25, 0.3) is 5.91 Å². The molecule has 1 amide bonds. The van der Waals surface area contributed by atoms with Crippen LogP contribution >= 0.6 is 0 Å². The quantitative estimate of drug-likeness (QED) is 0.818. The molecule has 0 N–H and O–H groups in total. The van der Waals surface area contributed by atoms with Crippen molar-refractivity contribution in [2.75, 3.05) is 31.1 Å². The average Bonchev–Trinajstić information content (AvgIpc) is 2.87. The monoisotopic (exact) mass is 352 g/mol. The van der Waals surface area contributed by atoms with E-state index in [2.05, 4.69) is 19.9 Å². The predicted octanol–water partition coefficient (Wildman–Crippen LogP) is 1.64. The summed E-state index contributed by atoms with van der Waals surface area (Å²) in [4.78, 5) is 30.7. The molecule has 1 fully saturated rings. The number of alkyl halides is 3. The van der Waals surface area contributed by atoms with Crippen molar-refractivity contribution in [3.63, 3.8) is 0 Å². The van der Waals surface area contributed by atoms with E-state index in [4.69, 9.17) is 0 Å². The van der Waals surface area contributed by atoms with E-state index in [1.165, 1.54) is 18.6 Å². The van der Waals surface area contributed by atoms with Crippen molar-refractivity contribution >= 4 is 11.7 Å². The molecule has 3 rings (SSSR count). The largest absolute Gasteiger partial charge is 0.433 e. The molecule has 10 heteroatoms. The van der Waals surface area contributed by atoms with Gasteiger partial charge in [-0.05, 0) is 12.5 Å². The summed E-state index contributed by atoms with van der Waals surface area (Å²) in [6.07, 6.45) is -0.200. The van der Waals surface area contributed by atoms with Gasteiger partial charge in [0, 0.05) is 38.4 Å². The maximum Gasteiger partial charge on any atom is 0.433 e. The Labute approximate surface area is 141 Å². The summed E-state index contributed by atoms with van der Waals surface area (Å²) >= 11 is 0. The minimum atomic E-state index is -4.52. The molecule has 132 valence electrons. The first-order valence-electron chi connectivity index (χ1n) is 7.64. The van der Waals surface area contributed by atoms with Gasteiger partial charge < -0.3 is 9.80 Å². The molecule has 0 spiro atoms. The van der Waals surface area contributed by atoms with E-state index in [0.717, 1.165) is 12.4 Å². The highest BCUT2D eigenvalue weighted by molar-refractivity contribution is 5.92. The lowest BCUT2D eigenvalue weighted by molar-refractivity contribution is -0.141. The Balaban J connectivity index is 1.71. The smallest absolute Gasteiger partial charge is 0.355 e. The number of aromatic nitrogens is 4. The van der Waals surface area contributed by atoms with Crippen LogP contribution in [0.3, 0.4) is 0 Å². The van der Waals surface area contributed by atoms with E-state index in [1.54, 1.807) is 9.80 Å². The Morgan fingerprint density at radius 2 is 1.88 bits per heavy atom. The highest BCUT2D eigenvalue weighted by atomic mass is 19.4. The number of anilines is 1. The van der Waals surface area contributed by atoms with Crippen LogP contribution in [0.1, 0.15) is 22.6 Å². The third-order valence-corrected chi connectivity index (χ3v) is 3.85. The summed E-state index contributed by atoms with van der Waals surface area (Å²) in [6.45, 7) is 1.75. The summed E-state index contributed by atoms with van der Waals surface area (Å²) in [5.41, 5.74) is -0.680. The molecule has 1 aliphatic heterocycles. The van der Waals surface area contributed by atoms with Gasteiger partial charge in [-0.15, -0.1) is 0 Å². The Morgan fingerprint density at radius 3 is 2.60 bits per heavy atom. The van der Waals surface area contributed by atoms with Gasteiger partial charge in [-0.2, -0.15) is 13.2 Å². The van der Waals surface area contributed by atoms with Crippen LogP contribution in [0.15, 0.2) is 31.0 Å². The second-order valence-corrected chi connectivity index (χ2v) is 5.49. The van der Waals surface area contributed by atoms with Crippen molar-refractivity contribution < 1.29 is 18.0 Å². The normalized spacial score (nSPS) is 15.8. The number of amides is 1. The van der Waals surface area contributed by atoms with Crippen molar-refractivity contribution in [2.45, 2.75) is 12.6 Å². The van der Waals surface area contributed by atoms with Gasteiger partial charge in [-0.1, -0.05) is 0 Å². The van der Waals surface area contributed by atoms with E-state index >= 15 is 0 Å². The Morgan fingerprint density at radius 1 is 1.04 bits per heavy atom. The molecule has 0 radical (unpaired) electrons. The highest BCUT2D eigenvalue weighted by Crippen LogP contribution is 2.29. The third-order valence-electron chi connectivity index (χ3n) is 3.85. The Bertz CT molecular complexity index is 740. The zero-order chi connectivity index (χ0) is 17.9. The molecule has 1 saturated heterocycles. The number of nitrogens with zero attached hydrogens (tertiary/aromatic N) is 6. The molecule has 2 aromatic heterocycles. The van der Waals surface area contributed by atoms with Crippen LogP contribution in [0.4, 0.5) is 19.0 Å². The molecule has 3 heterocycles. The fourth-order valence-electron chi connectivity index (χ4n) is 2.60. The second-order valence-electron chi connectivity index (χ2n) is 5.49. The maximum absolute atomic E-state index is 12.8. The molecular formula is C15H15F3N6O. The fraction of sp³-hybridized carbons (Fsp3) is 0.400. The first-order chi connectivity index (χ1) is 11.9. The number of carbonyl (C=O) groups excluding carboxylic acids is 1. The second kappa shape index (κ2) is 6.99. The predicted molar refractivity (Wildman–Crippen MR) is 81.8 cm³/mol. The fourth-order valence-corrected chi connectivity index (χ4v) is 2.60. The molecule has 0 unspecified atom stereocenters. The lowest BCUT2D eigenvalue weighted by Gasteiger charge is -2.23. The summed E-state index contributed by atoms with van der Waals surface area (Å²) in [5, 5.41) is 0. The summed E-state index contributed by atoms with van der Waals surface area (Å²) in [5.74, 6) is -0.0124. The van der Waals surface area contributed by atoms with Crippen molar-refractivity contribution in [3.05, 3.63) is 42.4 Å². The van der Waals surface area contributed by atoms with Crippen molar-refractivity contribution in [1.29, 1.82) is 0 Å². The average molecular weight is 352 g/mol. The molecule has 0 atom stereocenters. The van der Waals surface area contributed by atoms with Crippen LogP contribution in [0, 0.1) is 0 Å². The first-order valence-corrected chi connectivity index (χ1v) is 7.64. The zero-order valence-electron chi connectivity index (χ0n) is 13.1. The molecule has 0 bridgehead atoms. The van der Waals surface area contributed by atoms with Crippen molar-refractivity contribution in [2.24, 2.45) is 0 Å². The van der Waals surface area contributed by atoms with Crippen LogP contribution in [0.2, 0.25) is 0 Å². The summed E-state index contributed by atoms with van der Waals surface area (Å²) in [6, 6.07) is 2.47. The molecule has 25 heavy (non-hydrogen) atoms. The number of hydrogen-bond donors (Lipinski definition) is 0. The Kier molecular flexibility index (Phi) is 4.77. The highest BCUT2D eigenvalue weighted by Gasteiger charge is 2.33. The number of carbonyl (C=O) groups is 1. The van der Waals surface area contributed by atoms with Gasteiger partial charge in [0.15, 0.2) is 0 Å². The molecule has 0 aliphatic carbocycles. The molecule has 7 nitrogen and oxygen atoms in total. The van der Waals surface area contributed by atoms with E-state index in [0.29, 0.717) is 38.3 Å². The van der Waals surface area contributed by atoms with Gasteiger partial charge >= 0.3 is 6.18 Å². The van der Waals surface area contributed by atoms with Gasteiger partial charge in [0.05, 0.1) is 0 Å². The van der Waals surface area contributed by atoms with E-state index in [9.17, 15) is 18.0 Å². The minimum Gasteiger partial charge on any atom is -0.355 e. The van der Waals surface area contributed by atoms with Crippen LogP contribution in [0.25, 0.3) is 0 Å². The summed E-state index contributed by atoms with van der Waals surface area (Å²) in [7, 11) is 0. The van der Waals surface area contributed by atoms with Crippen molar-refractivity contribution in [1.82, 2.24) is 24.8 Å². The lowest BCUT2D eigenvalue weighted by atomic mass is 10.3. The van der Waals surface area contributed by atoms with Crippen molar-refractivity contribution in [3.8, 4) is 0 Å².